The van der Waals surface area contributed by atoms with Gasteiger partial charge in [-0.2, -0.15) is 0 Å². The Bertz CT molecular complexity index is 484. The van der Waals surface area contributed by atoms with Gasteiger partial charge in [0.15, 0.2) is 0 Å². The number of aryl methyl sites for hydroxylation is 1. The lowest BCUT2D eigenvalue weighted by molar-refractivity contribution is 0.204. The minimum absolute atomic E-state index is 0.288. The smallest absolute Gasteiger partial charge is 0.150 e. The highest BCUT2D eigenvalue weighted by Gasteiger charge is 2.09. The summed E-state index contributed by atoms with van der Waals surface area (Å²) >= 11 is 3.08. The molecule has 0 amide bonds. The van der Waals surface area contributed by atoms with Gasteiger partial charge in [0, 0.05) is 16.8 Å². The zero-order valence-corrected chi connectivity index (χ0v) is 10.9. The van der Waals surface area contributed by atoms with Crippen molar-refractivity contribution in [3.8, 4) is 0 Å². The summed E-state index contributed by atoms with van der Waals surface area (Å²) in [5.74, 6) is 0.239. The van der Waals surface area contributed by atoms with Gasteiger partial charge in [-0.25, -0.2) is 9.37 Å². The molecular weight excluding hydrogens is 257 g/mol. The molecule has 0 aliphatic rings. The van der Waals surface area contributed by atoms with E-state index in [0.29, 0.717) is 5.75 Å². The molecule has 1 heterocycles. The predicted molar refractivity (Wildman–Crippen MR) is 68.9 cm³/mol. The topological polar surface area (TPSA) is 33.1 Å². The summed E-state index contributed by atoms with van der Waals surface area (Å²) in [6.45, 7) is 1.94. The molecule has 5 heteroatoms. The molecule has 0 aliphatic carbocycles. The summed E-state index contributed by atoms with van der Waals surface area (Å²) in [5, 5.41) is 11.9. The van der Waals surface area contributed by atoms with Gasteiger partial charge in [-0.1, -0.05) is 23.9 Å². The quantitative estimate of drug-likeness (QED) is 0.863. The van der Waals surface area contributed by atoms with Gasteiger partial charge in [0.2, 0.25) is 0 Å². The van der Waals surface area contributed by atoms with E-state index in [1.807, 2.05) is 12.3 Å². The van der Waals surface area contributed by atoms with Crippen molar-refractivity contribution in [1.82, 2.24) is 4.98 Å². The second-order valence-electron chi connectivity index (χ2n) is 3.63. The van der Waals surface area contributed by atoms with E-state index < -0.39 is 6.10 Å². The van der Waals surface area contributed by atoms with Gasteiger partial charge >= 0.3 is 0 Å². The molecular formula is C12H12FNOS2. The van der Waals surface area contributed by atoms with Crippen LogP contribution in [0.1, 0.15) is 17.4 Å². The summed E-state index contributed by atoms with van der Waals surface area (Å²) in [7, 11) is 0. The Kier molecular flexibility index (Phi) is 4.15. The van der Waals surface area contributed by atoms with Gasteiger partial charge in [0.05, 0.1) is 6.10 Å². The van der Waals surface area contributed by atoms with Crippen molar-refractivity contribution in [1.29, 1.82) is 0 Å². The van der Waals surface area contributed by atoms with Crippen molar-refractivity contribution in [3.63, 3.8) is 0 Å². The van der Waals surface area contributed by atoms with Gasteiger partial charge in [-0.15, -0.1) is 11.3 Å². The number of aliphatic hydroxyl groups excluding tert-OH is 1. The molecule has 1 aromatic heterocycles. The lowest BCUT2D eigenvalue weighted by Crippen LogP contribution is -2.00. The zero-order chi connectivity index (χ0) is 12.3. The molecule has 0 radical (unpaired) electrons. The number of aromatic nitrogens is 1. The number of hydrogen-bond donors (Lipinski definition) is 1. The molecule has 0 spiro atoms. The highest BCUT2D eigenvalue weighted by molar-refractivity contribution is 8.01. The summed E-state index contributed by atoms with van der Waals surface area (Å²) in [4.78, 5) is 4.30. The normalized spacial score (nSPS) is 12.6. The van der Waals surface area contributed by atoms with Crippen molar-refractivity contribution in [2.45, 2.75) is 17.4 Å². The molecule has 17 heavy (non-hydrogen) atoms. The van der Waals surface area contributed by atoms with Crippen LogP contribution in [0.5, 0.6) is 0 Å². The first-order chi connectivity index (χ1) is 8.15. The average molecular weight is 269 g/mol. The Morgan fingerprint density at radius 3 is 2.71 bits per heavy atom. The molecule has 0 saturated heterocycles. The zero-order valence-electron chi connectivity index (χ0n) is 9.26. The van der Waals surface area contributed by atoms with E-state index in [1.54, 1.807) is 23.5 Å². The Hall–Kier alpha value is -0.910. The molecule has 0 fully saturated rings. The van der Waals surface area contributed by atoms with E-state index in [9.17, 15) is 9.50 Å². The van der Waals surface area contributed by atoms with Crippen molar-refractivity contribution < 1.29 is 9.50 Å². The highest BCUT2D eigenvalue weighted by atomic mass is 32.2. The fourth-order valence-electron chi connectivity index (χ4n) is 1.33. The molecule has 0 unspecified atom stereocenters. The Morgan fingerprint density at radius 1 is 1.41 bits per heavy atom. The van der Waals surface area contributed by atoms with Gasteiger partial charge in [-0.05, 0) is 24.6 Å². The summed E-state index contributed by atoms with van der Waals surface area (Å²) in [6, 6.07) is 5.93. The molecule has 1 atom stereocenters. The van der Waals surface area contributed by atoms with E-state index in [1.165, 1.54) is 23.9 Å². The summed E-state index contributed by atoms with van der Waals surface area (Å²) in [6.07, 6.45) is -0.593. The molecule has 0 bridgehead atoms. The largest absolute Gasteiger partial charge is 0.388 e. The van der Waals surface area contributed by atoms with Gasteiger partial charge in [-0.3, -0.25) is 0 Å². The van der Waals surface area contributed by atoms with Crippen LogP contribution in [-0.4, -0.2) is 15.8 Å². The molecule has 0 saturated carbocycles. The predicted octanol–water partition coefficient (Wildman–Crippen LogP) is 3.42. The number of halogens is 1. The van der Waals surface area contributed by atoms with E-state index in [4.69, 9.17) is 0 Å². The van der Waals surface area contributed by atoms with E-state index in [0.717, 1.165) is 15.6 Å². The first-order valence-electron chi connectivity index (χ1n) is 5.13. The number of hydrogen-bond acceptors (Lipinski definition) is 4. The molecule has 1 N–H and O–H groups in total. The Balaban J connectivity index is 1.93. The fraction of sp³-hybridized carbons (Fsp3) is 0.250. The van der Waals surface area contributed by atoms with E-state index in [-0.39, 0.29) is 5.82 Å². The van der Waals surface area contributed by atoms with E-state index >= 15 is 0 Å². The maximum absolute atomic E-state index is 12.7. The van der Waals surface area contributed by atoms with E-state index in [2.05, 4.69) is 4.98 Å². The van der Waals surface area contributed by atoms with Crippen LogP contribution in [0, 0.1) is 12.7 Å². The number of nitrogens with zero attached hydrogens (tertiary/aromatic N) is 1. The molecule has 2 nitrogen and oxygen atoms in total. The van der Waals surface area contributed by atoms with Crippen molar-refractivity contribution in [2.75, 3.05) is 5.75 Å². The minimum atomic E-state index is -0.593. The van der Waals surface area contributed by atoms with Crippen molar-refractivity contribution in [3.05, 3.63) is 46.7 Å². The number of thioether (sulfide) groups is 1. The first kappa shape index (κ1) is 12.5. The van der Waals surface area contributed by atoms with Gasteiger partial charge < -0.3 is 5.11 Å². The monoisotopic (exact) mass is 269 g/mol. The van der Waals surface area contributed by atoms with Crippen LogP contribution in [0.15, 0.2) is 34.0 Å². The number of rotatable bonds is 4. The highest BCUT2D eigenvalue weighted by Crippen LogP contribution is 2.27. The summed E-state index contributed by atoms with van der Waals surface area (Å²) < 4.78 is 13.7. The fourth-order valence-corrected chi connectivity index (χ4v) is 3.17. The molecule has 0 aliphatic heterocycles. The lowest BCUT2D eigenvalue weighted by atomic mass is 10.1. The van der Waals surface area contributed by atoms with Crippen molar-refractivity contribution in [2.24, 2.45) is 0 Å². The number of benzene rings is 1. The molecule has 1 aromatic carbocycles. The Morgan fingerprint density at radius 2 is 2.12 bits per heavy atom. The minimum Gasteiger partial charge on any atom is -0.388 e. The second-order valence-corrected chi connectivity index (χ2v) is 5.76. The SMILES string of the molecule is Cc1csc(SC[C@H](O)c2ccc(F)cc2)n1. The molecule has 2 rings (SSSR count). The average Bonchev–Trinajstić information content (AvgIpc) is 2.73. The van der Waals surface area contributed by atoms with Crippen LogP contribution in [0.25, 0.3) is 0 Å². The van der Waals surface area contributed by atoms with Crippen molar-refractivity contribution >= 4 is 23.1 Å². The maximum Gasteiger partial charge on any atom is 0.150 e. The molecule has 2 aromatic rings. The lowest BCUT2D eigenvalue weighted by Gasteiger charge is -2.09. The van der Waals surface area contributed by atoms with Gasteiger partial charge in [0.25, 0.3) is 0 Å². The third-order valence-electron chi connectivity index (χ3n) is 2.22. The first-order valence-corrected chi connectivity index (χ1v) is 7.00. The third kappa shape index (κ3) is 3.52. The standard InChI is InChI=1S/C12H12FNOS2/c1-8-6-16-12(14-8)17-7-11(15)9-2-4-10(13)5-3-9/h2-6,11,15H,7H2,1H3/t11-/m0/s1. The third-order valence-corrected chi connectivity index (χ3v) is 4.43. The van der Waals surface area contributed by atoms with Crippen LogP contribution in [-0.2, 0) is 0 Å². The van der Waals surface area contributed by atoms with Crippen LogP contribution >= 0.6 is 23.1 Å². The Labute approximate surface area is 108 Å². The van der Waals surface area contributed by atoms with Crippen LogP contribution in [0.4, 0.5) is 4.39 Å². The van der Waals surface area contributed by atoms with Gasteiger partial charge in [0.1, 0.15) is 10.2 Å². The summed E-state index contributed by atoms with van der Waals surface area (Å²) in [5.41, 5.74) is 1.72. The maximum atomic E-state index is 12.7. The van der Waals surface area contributed by atoms with Crippen LogP contribution < -0.4 is 0 Å². The number of aliphatic hydroxyl groups is 1. The van der Waals surface area contributed by atoms with Crippen LogP contribution in [0.2, 0.25) is 0 Å². The van der Waals surface area contributed by atoms with Crippen LogP contribution in [0.3, 0.4) is 0 Å². The molecule has 90 valence electrons. The number of thiazole rings is 1. The second kappa shape index (κ2) is 5.62.